The summed E-state index contributed by atoms with van der Waals surface area (Å²) in [5.74, 6) is -0.392. The van der Waals surface area contributed by atoms with Gasteiger partial charge in [0.1, 0.15) is 24.2 Å². The molecule has 7 nitrogen and oxygen atoms in total. The van der Waals surface area contributed by atoms with E-state index in [1.807, 2.05) is 0 Å². The number of hydrogen-bond acceptors (Lipinski definition) is 5. The molecule has 1 aliphatic carbocycles. The Morgan fingerprint density at radius 3 is 2.72 bits per heavy atom. The third-order valence-electron chi connectivity index (χ3n) is 5.40. The number of rotatable bonds is 3. The van der Waals surface area contributed by atoms with E-state index in [9.17, 15) is 18.3 Å². The summed E-state index contributed by atoms with van der Waals surface area (Å²) in [7, 11) is -4.00. The van der Waals surface area contributed by atoms with Gasteiger partial charge in [0, 0.05) is 6.04 Å². The summed E-state index contributed by atoms with van der Waals surface area (Å²) in [5, 5.41) is 9.62. The Balaban J connectivity index is 1.79. The maximum atomic E-state index is 13.4. The number of nitrogens with zero attached hydrogens (tertiary/aromatic N) is 1. The van der Waals surface area contributed by atoms with Crippen molar-refractivity contribution in [1.29, 1.82) is 0 Å². The lowest BCUT2D eigenvalue weighted by molar-refractivity contribution is -0.141. The Hall–Kier alpha value is -1.80. The Labute approximate surface area is 146 Å². The van der Waals surface area contributed by atoms with Gasteiger partial charge in [-0.25, -0.2) is 8.42 Å². The van der Waals surface area contributed by atoms with E-state index in [-0.39, 0.29) is 29.2 Å². The number of ether oxygens (including phenoxy) is 2. The van der Waals surface area contributed by atoms with Gasteiger partial charge in [-0.15, -0.1) is 0 Å². The van der Waals surface area contributed by atoms with E-state index in [0.717, 1.165) is 19.3 Å². The van der Waals surface area contributed by atoms with E-state index in [2.05, 4.69) is 0 Å². The molecule has 3 atom stereocenters. The molecule has 0 bridgehead atoms. The van der Waals surface area contributed by atoms with E-state index in [0.29, 0.717) is 25.2 Å². The van der Waals surface area contributed by atoms with Gasteiger partial charge in [0.05, 0.1) is 0 Å². The monoisotopic (exact) mass is 367 g/mol. The fourth-order valence-electron chi connectivity index (χ4n) is 4.34. The first-order chi connectivity index (χ1) is 12.0. The van der Waals surface area contributed by atoms with E-state index >= 15 is 0 Å². The van der Waals surface area contributed by atoms with Crippen LogP contribution in [0.1, 0.15) is 32.1 Å². The third kappa shape index (κ3) is 2.67. The molecule has 25 heavy (non-hydrogen) atoms. The number of fused-ring (bicyclic) bond motifs is 2. The van der Waals surface area contributed by atoms with Crippen molar-refractivity contribution in [3.8, 4) is 11.5 Å². The average Bonchev–Trinajstić information content (AvgIpc) is 3.02. The van der Waals surface area contributed by atoms with Crippen LogP contribution >= 0.6 is 0 Å². The standard InChI is InChI=1S/C17H21NO6S/c19-17(20)13-10-11-4-1-2-5-12(11)18(13)25(21,22)15-7-3-6-14-16(15)24-9-8-23-14/h3,6-7,11-13H,1-2,4-5,8-10H2,(H,19,20). The number of aliphatic carboxylic acids is 1. The van der Waals surface area contributed by atoms with Gasteiger partial charge >= 0.3 is 5.97 Å². The van der Waals surface area contributed by atoms with Gasteiger partial charge in [-0.2, -0.15) is 4.31 Å². The van der Waals surface area contributed by atoms with Crippen molar-refractivity contribution in [1.82, 2.24) is 4.31 Å². The van der Waals surface area contributed by atoms with Crippen molar-refractivity contribution in [2.75, 3.05) is 13.2 Å². The summed E-state index contributed by atoms with van der Waals surface area (Å²) in [6, 6.07) is 3.47. The van der Waals surface area contributed by atoms with Crippen molar-refractivity contribution in [2.45, 2.75) is 49.1 Å². The van der Waals surface area contributed by atoms with Gasteiger partial charge < -0.3 is 14.6 Å². The second-order valence-electron chi connectivity index (χ2n) is 6.82. The lowest BCUT2D eigenvalue weighted by Crippen LogP contribution is -2.46. The molecule has 3 unspecified atom stereocenters. The Kier molecular flexibility index (Phi) is 4.11. The van der Waals surface area contributed by atoms with E-state index in [4.69, 9.17) is 9.47 Å². The molecule has 1 saturated heterocycles. The number of hydrogen-bond donors (Lipinski definition) is 1. The summed E-state index contributed by atoms with van der Waals surface area (Å²) in [4.78, 5) is 11.8. The molecule has 1 aromatic rings. The highest BCUT2D eigenvalue weighted by Gasteiger charge is 2.51. The van der Waals surface area contributed by atoms with Crippen LogP contribution in [-0.2, 0) is 14.8 Å². The van der Waals surface area contributed by atoms with Gasteiger partial charge in [-0.1, -0.05) is 18.9 Å². The molecular formula is C17H21NO6S. The summed E-state index contributed by atoms with van der Waals surface area (Å²) in [6.07, 6.45) is 3.92. The van der Waals surface area contributed by atoms with Crippen molar-refractivity contribution in [3.05, 3.63) is 18.2 Å². The quantitative estimate of drug-likeness (QED) is 0.877. The number of carboxylic acid groups (broad SMARTS) is 1. The van der Waals surface area contributed by atoms with Crippen LogP contribution in [0.2, 0.25) is 0 Å². The first-order valence-electron chi connectivity index (χ1n) is 8.65. The second kappa shape index (κ2) is 6.17. The van der Waals surface area contributed by atoms with Gasteiger partial charge in [-0.3, -0.25) is 4.79 Å². The van der Waals surface area contributed by atoms with Crippen LogP contribution in [0.15, 0.2) is 23.1 Å². The van der Waals surface area contributed by atoms with Crippen LogP contribution in [0.4, 0.5) is 0 Å². The van der Waals surface area contributed by atoms with Gasteiger partial charge in [0.25, 0.3) is 0 Å². The van der Waals surface area contributed by atoms with Crippen LogP contribution in [-0.4, -0.2) is 49.1 Å². The summed E-state index contributed by atoms with van der Waals surface area (Å²) in [6.45, 7) is 0.636. The highest BCUT2D eigenvalue weighted by molar-refractivity contribution is 7.89. The number of sulfonamides is 1. The molecule has 136 valence electrons. The summed E-state index contributed by atoms with van der Waals surface area (Å²) >= 11 is 0. The van der Waals surface area contributed by atoms with Crippen molar-refractivity contribution >= 4 is 16.0 Å². The first kappa shape index (κ1) is 16.7. The first-order valence-corrected chi connectivity index (χ1v) is 10.1. The molecular weight excluding hydrogens is 346 g/mol. The largest absolute Gasteiger partial charge is 0.486 e. The second-order valence-corrected chi connectivity index (χ2v) is 8.63. The van der Waals surface area contributed by atoms with Crippen LogP contribution in [0.3, 0.4) is 0 Å². The number of carboxylic acids is 1. The number of benzene rings is 1. The average molecular weight is 367 g/mol. The molecule has 0 radical (unpaired) electrons. The predicted octanol–water partition coefficient (Wildman–Crippen LogP) is 1.86. The smallest absolute Gasteiger partial charge is 0.322 e. The highest BCUT2D eigenvalue weighted by Crippen LogP contribution is 2.45. The van der Waals surface area contributed by atoms with E-state index in [1.54, 1.807) is 12.1 Å². The molecule has 1 aromatic carbocycles. The fraction of sp³-hybridized carbons (Fsp3) is 0.588. The van der Waals surface area contributed by atoms with Crippen LogP contribution < -0.4 is 9.47 Å². The molecule has 0 aromatic heterocycles. The van der Waals surface area contributed by atoms with Crippen LogP contribution in [0, 0.1) is 5.92 Å². The molecule has 0 amide bonds. The van der Waals surface area contributed by atoms with E-state index in [1.165, 1.54) is 10.4 Å². The Bertz CT molecular complexity index is 792. The maximum Gasteiger partial charge on any atom is 0.322 e. The maximum absolute atomic E-state index is 13.4. The van der Waals surface area contributed by atoms with Crippen LogP contribution in [0.5, 0.6) is 11.5 Å². The summed E-state index contributed by atoms with van der Waals surface area (Å²) in [5.41, 5.74) is 0. The summed E-state index contributed by atoms with van der Waals surface area (Å²) < 4.78 is 39.1. The molecule has 1 saturated carbocycles. The number of para-hydroxylation sites is 1. The van der Waals surface area contributed by atoms with Crippen molar-refractivity contribution in [3.63, 3.8) is 0 Å². The zero-order valence-corrected chi connectivity index (χ0v) is 14.6. The predicted molar refractivity (Wildman–Crippen MR) is 88.2 cm³/mol. The molecule has 2 heterocycles. The Morgan fingerprint density at radius 1 is 1.16 bits per heavy atom. The molecule has 2 aliphatic heterocycles. The minimum absolute atomic E-state index is 0.00201. The highest BCUT2D eigenvalue weighted by atomic mass is 32.2. The molecule has 0 spiro atoms. The minimum Gasteiger partial charge on any atom is -0.486 e. The van der Waals surface area contributed by atoms with Gasteiger partial charge in [-0.05, 0) is 37.3 Å². The van der Waals surface area contributed by atoms with Gasteiger partial charge in [0.15, 0.2) is 11.5 Å². The normalized spacial score (nSPS) is 29.2. The lowest BCUT2D eigenvalue weighted by Gasteiger charge is -2.32. The zero-order chi connectivity index (χ0) is 17.6. The third-order valence-corrected chi connectivity index (χ3v) is 7.36. The van der Waals surface area contributed by atoms with Gasteiger partial charge in [0.2, 0.25) is 10.0 Å². The minimum atomic E-state index is -4.00. The molecule has 1 N–H and O–H groups in total. The van der Waals surface area contributed by atoms with Crippen LogP contribution in [0.25, 0.3) is 0 Å². The lowest BCUT2D eigenvalue weighted by atomic mass is 9.85. The van der Waals surface area contributed by atoms with E-state index < -0.39 is 22.0 Å². The van der Waals surface area contributed by atoms with Crippen molar-refractivity contribution < 1.29 is 27.8 Å². The Morgan fingerprint density at radius 2 is 1.92 bits per heavy atom. The molecule has 2 fully saturated rings. The molecule has 3 aliphatic rings. The fourth-order valence-corrected chi connectivity index (χ4v) is 6.36. The SMILES string of the molecule is O=C(O)C1CC2CCCCC2N1S(=O)(=O)c1cccc2c1OCCO2. The molecule has 4 rings (SSSR count). The topological polar surface area (TPSA) is 93.1 Å². The zero-order valence-electron chi connectivity index (χ0n) is 13.8. The van der Waals surface area contributed by atoms with Crippen molar-refractivity contribution in [2.24, 2.45) is 5.92 Å². The molecule has 8 heteroatoms. The number of carbonyl (C=O) groups is 1.